The van der Waals surface area contributed by atoms with Gasteiger partial charge in [0.05, 0.1) is 10.8 Å². The SMILES string of the molecule is CN1CCN(Cc2ccc3oc4ccc(Cl)cc4c(=O)c3c2)CC1. The molecule has 0 spiro atoms. The molecule has 0 bridgehead atoms. The van der Waals surface area contributed by atoms with Gasteiger partial charge >= 0.3 is 0 Å². The van der Waals surface area contributed by atoms with Crippen molar-refractivity contribution in [2.75, 3.05) is 33.2 Å². The molecule has 1 saturated heterocycles. The average Bonchev–Trinajstić information content (AvgIpc) is 2.58. The first-order valence-corrected chi connectivity index (χ1v) is 8.54. The van der Waals surface area contributed by atoms with Crippen molar-refractivity contribution in [2.45, 2.75) is 6.54 Å². The lowest BCUT2D eigenvalue weighted by atomic mass is 10.1. The van der Waals surface area contributed by atoms with E-state index in [-0.39, 0.29) is 5.43 Å². The third-order valence-corrected chi connectivity index (χ3v) is 4.93. The standard InChI is InChI=1S/C19H19ClN2O2/c1-21-6-8-22(9-7-21)12-13-2-4-17-15(10-13)19(23)16-11-14(20)3-5-18(16)24-17/h2-5,10-11H,6-9,12H2,1H3. The highest BCUT2D eigenvalue weighted by Gasteiger charge is 2.15. The summed E-state index contributed by atoms with van der Waals surface area (Å²) in [4.78, 5) is 17.5. The summed E-state index contributed by atoms with van der Waals surface area (Å²) in [5.74, 6) is 0. The van der Waals surface area contributed by atoms with Gasteiger partial charge in [-0.15, -0.1) is 0 Å². The highest BCUT2D eigenvalue weighted by atomic mass is 35.5. The number of rotatable bonds is 2. The summed E-state index contributed by atoms with van der Waals surface area (Å²) >= 11 is 6.02. The van der Waals surface area contributed by atoms with Crippen LogP contribution in [0.1, 0.15) is 5.56 Å². The van der Waals surface area contributed by atoms with Crippen molar-refractivity contribution in [1.29, 1.82) is 0 Å². The second-order valence-corrected chi connectivity index (χ2v) is 6.92. The van der Waals surface area contributed by atoms with E-state index in [0.717, 1.165) is 38.3 Å². The number of fused-ring (bicyclic) bond motifs is 2. The molecule has 24 heavy (non-hydrogen) atoms. The van der Waals surface area contributed by atoms with Gasteiger partial charge in [-0.2, -0.15) is 0 Å². The predicted octanol–water partition coefficient (Wildman–Crippen LogP) is 3.35. The van der Waals surface area contributed by atoms with Gasteiger partial charge in [-0.3, -0.25) is 9.69 Å². The molecule has 3 aromatic rings. The van der Waals surface area contributed by atoms with Crippen LogP contribution >= 0.6 is 11.6 Å². The van der Waals surface area contributed by atoms with Crippen LogP contribution in [-0.4, -0.2) is 43.0 Å². The summed E-state index contributed by atoms with van der Waals surface area (Å²) in [6.07, 6.45) is 0. The molecule has 0 saturated carbocycles. The normalized spacial score (nSPS) is 16.9. The van der Waals surface area contributed by atoms with Gasteiger partial charge in [-0.1, -0.05) is 17.7 Å². The van der Waals surface area contributed by atoms with Crippen LogP contribution in [0.15, 0.2) is 45.6 Å². The van der Waals surface area contributed by atoms with Crippen molar-refractivity contribution in [1.82, 2.24) is 9.80 Å². The molecule has 1 aliphatic rings. The Balaban J connectivity index is 1.73. The number of benzene rings is 2. The lowest BCUT2D eigenvalue weighted by molar-refractivity contribution is 0.148. The van der Waals surface area contributed by atoms with Crippen molar-refractivity contribution >= 4 is 33.5 Å². The zero-order valence-corrected chi connectivity index (χ0v) is 14.3. The molecule has 4 nitrogen and oxygen atoms in total. The third kappa shape index (κ3) is 2.93. The number of nitrogens with zero attached hydrogens (tertiary/aromatic N) is 2. The third-order valence-electron chi connectivity index (χ3n) is 4.70. The van der Waals surface area contributed by atoms with Crippen LogP contribution in [0.25, 0.3) is 21.9 Å². The molecular formula is C19H19ClN2O2. The maximum absolute atomic E-state index is 12.8. The Morgan fingerprint density at radius 2 is 1.67 bits per heavy atom. The highest BCUT2D eigenvalue weighted by molar-refractivity contribution is 6.31. The fourth-order valence-corrected chi connectivity index (χ4v) is 3.41. The molecule has 124 valence electrons. The topological polar surface area (TPSA) is 36.7 Å². The zero-order chi connectivity index (χ0) is 16.7. The molecule has 0 N–H and O–H groups in total. The number of halogens is 1. The van der Waals surface area contributed by atoms with Gasteiger partial charge < -0.3 is 9.32 Å². The van der Waals surface area contributed by atoms with Crippen LogP contribution in [0.4, 0.5) is 0 Å². The number of piperazine rings is 1. The molecule has 0 amide bonds. The van der Waals surface area contributed by atoms with Crippen LogP contribution in [0.5, 0.6) is 0 Å². The minimum atomic E-state index is -0.0195. The predicted molar refractivity (Wildman–Crippen MR) is 97.8 cm³/mol. The molecule has 5 heteroatoms. The van der Waals surface area contributed by atoms with Crippen LogP contribution in [0.3, 0.4) is 0 Å². The summed E-state index contributed by atoms with van der Waals surface area (Å²) in [7, 11) is 2.15. The largest absolute Gasteiger partial charge is 0.456 e. The summed E-state index contributed by atoms with van der Waals surface area (Å²) in [6.45, 7) is 5.13. The Morgan fingerprint density at radius 1 is 1.00 bits per heavy atom. The Morgan fingerprint density at radius 3 is 2.42 bits per heavy atom. The fourth-order valence-electron chi connectivity index (χ4n) is 3.24. The van der Waals surface area contributed by atoms with E-state index in [4.69, 9.17) is 16.0 Å². The van der Waals surface area contributed by atoms with Gasteiger partial charge in [0, 0.05) is 37.7 Å². The van der Waals surface area contributed by atoms with Gasteiger partial charge in [0.15, 0.2) is 0 Å². The van der Waals surface area contributed by atoms with Gasteiger partial charge in [0.25, 0.3) is 0 Å². The molecule has 2 aromatic carbocycles. The van der Waals surface area contributed by atoms with E-state index < -0.39 is 0 Å². The van der Waals surface area contributed by atoms with Gasteiger partial charge in [-0.05, 0) is 42.9 Å². The first-order chi connectivity index (χ1) is 11.6. The lowest BCUT2D eigenvalue weighted by Crippen LogP contribution is -2.43. The fraction of sp³-hybridized carbons (Fsp3) is 0.316. The first kappa shape index (κ1) is 15.6. The minimum absolute atomic E-state index is 0.0195. The first-order valence-electron chi connectivity index (χ1n) is 8.16. The maximum Gasteiger partial charge on any atom is 0.200 e. The quantitative estimate of drug-likeness (QED) is 0.669. The molecule has 0 radical (unpaired) electrons. The second kappa shape index (κ2) is 6.20. The van der Waals surface area contributed by atoms with E-state index in [0.29, 0.717) is 27.0 Å². The van der Waals surface area contributed by atoms with Crippen molar-refractivity contribution in [3.8, 4) is 0 Å². The molecule has 0 aliphatic carbocycles. The summed E-state index contributed by atoms with van der Waals surface area (Å²) < 4.78 is 5.86. The second-order valence-electron chi connectivity index (χ2n) is 6.48. The lowest BCUT2D eigenvalue weighted by Gasteiger charge is -2.32. The molecule has 0 unspecified atom stereocenters. The van der Waals surface area contributed by atoms with Crippen LogP contribution in [0, 0.1) is 0 Å². The number of hydrogen-bond acceptors (Lipinski definition) is 4. The van der Waals surface area contributed by atoms with Gasteiger partial charge in [-0.25, -0.2) is 0 Å². The molecule has 1 aliphatic heterocycles. The average molecular weight is 343 g/mol. The van der Waals surface area contributed by atoms with Crippen LogP contribution in [0.2, 0.25) is 5.02 Å². The van der Waals surface area contributed by atoms with Crippen molar-refractivity contribution in [3.63, 3.8) is 0 Å². The zero-order valence-electron chi connectivity index (χ0n) is 13.6. The smallest absolute Gasteiger partial charge is 0.200 e. The summed E-state index contributed by atoms with van der Waals surface area (Å²) in [5, 5.41) is 1.70. The highest BCUT2D eigenvalue weighted by Crippen LogP contribution is 2.22. The summed E-state index contributed by atoms with van der Waals surface area (Å²) in [5.41, 5.74) is 2.32. The Hall–Kier alpha value is -1.88. The number of likely N-dealkylation sites (N-methyl/N-ethyl adjacent to an activating group) is 1. The van der Waals surface area contributed by atoms with Crippen LogP contribution < -0.4 is 5.43 Å². The van der Waals surface area contributed by atoms with E-state index in [9.17, 15) is 4.79 Å². The van der Waals surface area contributed by atoms with Crippen molar-refractivity contribution < 1.29 is 4.42 Å². The van der Waals surface area contributed by atoms with Crippen LogP contribution in [-0.2, 0) is 6.54 Å². The van der Waals surface area contributed by atoms with E-state index in [2.05, 4.69) is 16.8 Å². The Labute approximate surface area is 145 Å². The number of hydrogen-bond donors (Lipinski definition) is 0. The van der Waals surface area contributed by atoms with E-state index in [1.807, 2.05) is 18.2 Å². The molecule has 1 fully saturated rings. The van der Waals surface area contributed by atoms with Gasteiger partial charge in [0.2, 0.25) is 5.43 Å². The Kier molecular flexibility index (Phi) is 4.04. The molecule has 4 rings (SSSR count). The van der Waals surface area contributed by atoms with Gasteiger partial charge in [0.1, 0.15) is 11.2 Å². The molecule has 1 aromatic heterocycles. The van der Waals surface area contributed by atoms with E-state index in [1.165, 1.54) is 0 Å². The molecule has 2 heterocycles. The maximum atomic E-state index is 12.8. The minimum Gasteiger partial charge on any atom is -0.456 e. The Bertz CT molecular complexity index is 959. The molecule has 0 atom stereocenters. The van der Waals surface area contributed by atoms with E-state index in [1.54, 1.807) is 18.2 Å². The molecular weight excluding hydrogens is 324 g/mol. The monoisotopic (exact) mass is 342 g/mol. The van der Waals surface area contributed by atoms with E-state index >= 15 is 0 Å². The van der Waals surface area contributed by atoms with Crippen molar-refractivity contribution in [3.05, 3.63) is 57.2 Å². The summed E-state index contributed by atoms with van der Waals surface area (Å²) in [6, 6.07) is 11.1. The van der Waals surface area contributed by atoms with Crippen molar-refractivity contribution in [2.24, 2.45) is 0 Å².